The third-order valence-corrected chi connectivity index (χ3v) is 4.21. The lowest BCUT2D eigenvalue weighted by molar-refractivity contribution is 0.0134. The summed E-state index contributed by atoms with van der Waals surface area (Å²) >= 11 is 1.23. The van der Waals surface area contributed by atoms with Crippen LogP contribution in [0.4, 0.5) is 10.8 Å². The van der Waals surface area contributed by atoms with Crippen molar-refractivity contribution < 1.29 is 9.53 Å². The number of ether oxygens (including phenoxy) is 1. The second kappa shape index (κ2) is 7.61. The van der Waals surface area contributed by atoms with Gasteiger partial charge in [-0.1, -0.05) is 0 Å². The predicted molar refractivity (Wildman–Crippen MR) is 85.8 cm³/mol. The molecule has 0 bridgehead atoms. The maximum Gasteiger partial charge on any atom is 0.258 e. The van der Waals surface area contributed by atoms with Gasteiger partial charge in [0.25, 0.3) is 5.91 Å². The van der Waals surface area contributed by atoms with E-state index in [0.717, 1.165) is 37.4 Å². The van der Waals surface area contributed by atoms with Gasteiger partial charge in [0.1, 0.15) is 10.6 Å². The van der Waals surface area contributed by atoms with E-state index in [4.69, 9.17) is 10.5 Å². The molecule has 0 saturated carbocycles. The van der Waals surface area contributed by atoms with Crippen molar-refractivity contribution >= 4 is 28.3 Å². The van der Waals surface area contributed by atoms with Crippen LogP contribution in [0.25, 0.3) is 0 Å². The van der Waals surface area contributed by atoms with Gasteiger partial charge in [-0.05, 0) is 51.1 Å². The van der Waals surface area contributed by atoms with Crippen LogP contribution in [0.1, 0.15) is 49.9 Å². The number of nitrogens with one attached hydrogen (secondary N) is 2. The van der Waals surface area contributed by atoms with Crippen molar-refractivity contribution in [3.63, 3.8) is 0 Å². The monoisotopic (exact) mass is 312 g/mol. The molecule has 118 valence electrons. The lowest BCUT2D eigenvalue weighted by Crippen LogP contribution is -2.31. The molecule has 1 fully saturated rings. The van der Waals surface area contributed by atoms with Gasteiger partial charge in [0.05, 0.1) is 6.10 Å². The Morgan fingerprint density at radius 3 is 3.00 bits per heavy atom. The van der Waals surface area contributed by atoms with E-state index >= 15 is 0 Å². The van der Waals surface area contributed by atoms with Crippen molar-refractivity contribution in [2.45, 2.75) is 51.7 Å². The molecule has 6 nitrogen and oxygen atoms in total. The Bertz CT molecular complexity index is 470. The first-order valence-corrected chi connectivity index (χ1v) is 8.26. The van der Waals surface area contributed by atoms with Crippen molar-refractivity contribution in [2.24, 2.45) is 0 Å². The number of nitrogens with zero attached hydrogens (tertiary/aromatic N) is 1. The summed E-state index contributed by atoms with van der Waals surface area (Å²) in [5.74, 6) is 0.113. The highest BCUT2D eigenvalue weighted by molar-refractivity contribution is 7.11. The van der Waals surface area contributed by atoms with Crippen LogP contribution in [0.5, 0.6) is 0 Å². The summed E-state index contributed by atoms with van der Waals surface area (Å²) in [7, 11) is 0. The minimum atomic E-state index is -0.173. The summed E-state index contributed by atoms with van der Waals surface area (Å²) in [4.78, 5) is 12.1. The fraction of sp³-hybridized carbons (Fsp3) is 0.714. The summed E-state index contributed by atoms with van der Waals surface area (Å²) in [6, 6.07) is 0.0697. The van der Waals surface area contributed by atoms with Gasteiger partial charge in [-0.3, -0.25) is 4.79 Å². The quantitative estimate of drug-likeness (QED) is 0.749. The van der Waals surface area contributed by atoms with E-state index in [1.165, 1.54) is 18.0 Å². The molecule has 4 N–H and O–H groups in total. The van der Waals surface area contributed by atoms with Crippen LogP contribution in [0.15, 0.2) is 0 Å². The van der Waals surface area contributed by atoms with Crippen LogP contribution >= 0.6 is 11.5 Å². The van der Waals surface area contributed by atoms with Crippen LogP contribution in [0.2, 0.25) is 0 Å². The molecule has 1 aromatic rings. The van der Waals surface area contributed by atoms with Crippen molar-refractivity contribution in [1.29, 1.82) is 0 Å². The number of nitrogens with two attached hydrogens (primary N) is 1. The number of hydrogen-bond acceptors (Lipinski definition) is 6. The molecule has 1 aliphatic heterocycles. The Morgan fingerprint density at radius 2 is 2.33 bits per heavy atom. The van der Waals surface area contributed by atoms with Gasteiger partial charge in [0.2, 0.25) is 0 Å². The van der Waals surface area contributed by atoms with E-state index in [1.54, 1.807) is 0 Å². The summed E-state index contributed by atoms with van der Waals surface area (Å²) in [6.07, 6.45) is 4.77. The fourth-order valence-corrected chi connectivity index (χ4v) is 3.09. The number of carbonyl (C=O) groups is 1. The standard InChI is InChI=1S/C14H24N4O2S/c1-9(2)17-13(19)11-12(15)18-21-14(11)16-7-6-10-5-3-4-8-20-10/h9-10,16H,3-8H2,1-2H3,(H2,15,18)(H,17,19). The maximum absolute atomic E-state index is 12.1. The van der Waals surface area contributed by atoms with Gasteiger partial charge in [0.15, 0.2) is 5.82 Å². The lowest BCUT2D eigenvalue weighted by atomic mass is 10.1. The molecule has 1 aromatic heterocycles. The predicted octanol–water partition coefficient (Wildman–Crippen LogP) is 2.23. The molecule has 1 aliphatic rings. The number of rotatable bonds is 6. The topological polar surface area (TPSA) is 89.3 Å². The molecule has 1 saturated heterocycles. The summed E-state index contributed by atoms with van der Waals surface area (Å²) < 4.78 is 9.77. The Kier molecular flexibility index (Phi) is 5.81. The Labute approximate surface area is 129 Å². The largest absolute Gasteiger partial charge is 0.382 e. The van der Waals surface area contributed by atoms with Crippen LogP contribution < -0.4 is 16.4 Å². The highest BCUT2D eigenvalue weighted by atomic mass is 32.1. The summed E-state index contributed by atoms with van der Waals surface area (Å²) in [6.45, 7) is 5.46. The molecule has 1 amide bonds. The summed E-state index contributed by atoms with van der Waals surface area (Å²) in [5.41, 5.74) is 6.26. The number of hydrogen-bond donors (Lipinski definition) is 3. The van der Waals surface area contributed by atoms with Crippen LogP contribution in [-0.4, -0.2) is 35.6 Å². The van der Waals surface area contributed by atoms with Crippen LogP contribution in [0, 0.1) is 0 Å². The molecule has 2 rings (SSSR count). The first-order valence-electron chi connectivity index (χ1n) is 7.49. The maximum atomic E-state index is 12.1. The highest BCUT2D eigenvalue weighted by Gasteiger charge is 2.20. The highest BCUT2D eigenvalue weighted by Crippen LogP contribution is 2.27. The van der Waals surface area contributed by atoms with Gasteiger partial charge in [-0.2, -0.15) is 4.37 Å². The molecule has 0 aliphatic carbocycles. The first-order chi connectivity index (χ1) is 10.1. The Hall–Kier alpha value is -1.34. The van der Waals surface area contributed by atoms with Gasteiger partial charge in [0, 0.05) is 19.2 Å². The van der Waals surface area contributed by atoms with E-state index in [2.05, 4.69) is 15.0 Å². The number of carbonyl (C=O) groups excluding carboxylic acids is 1. The Balaban J connectivity index is 1.89. The molecule has 7 heteroatoms. The van der Waals surface area contributed by atoms with E-state index < -0.39 is 0 Å². The summed E-state index contributed by atoms with van der Waals surface area (Å²) in [5, 5.41) is 6.86. The molecule has 0 radical (unpaired) electrons. The van der Waals surface area contributed by atoms with E-state index in [0.29, 0.717) is 11.7 Å². The molecule has 1 atom stereocenters. The molecular weight excluding hydrogens is 288 g/mol. The van der Waals surface area contributed by atoms with Crippen molar-refractivity contribution in [3.8, 4) is 0 Å². The zero-order chi connectivity index (χ0) is 15.2. The van der Waals surface area contributed by atoms with Crippen LogP contribution in [0.3, 0.4) is 0 Å². The number of anilines is 2. The second-order valence-electron chi connectivity index (χ2n) is 5.60. The smallest absolute Gasteiger partial charge is 0.258 e. The molecule has 21 heavy (non-hydrogen) atoms. The number of nitrogen functional groups attached to an aromatic ring is 1. The van der Waals surface area contributed by atoms with Gasteiger partial charge < -0.3 is 21.1 Å². The van der Waals surface area contributed by atoms with Gasteiger partial charge in [-0.15, -0.1) is 0 Å². The lowest BCUT2D eigenvalue weighted by Gasteiger charge is -2.22. The van der Waals surface area contributed by atoms with Crippen LogP contribution in [-0.2, 0) is 4.74 Å². The minimum Gasteiger partial charge on any atom is -0.382 e. The molecule has 0 aromatic carbocycles. The molecular formula is C14H24N4O2S. The normalized spacial score (nSPS) is 18.7. The second-order valence-corrected chi connectivity index (χ2v) is 6.38. The SMILES string of the molecule is CC(C)NC(=O)c1c(N)nsc1NCCC1CCCCO1. The fourth-order valence-electron chi connectivity index (χ4n) is 2.36. The van der Waals surface area contributed by atoms with E-state index in [9.17, 15) is 4.79 Å². The molecule has 2 heterocycles. The average molecular weight is 312 g/mol. The zero-order valence-corrected chi connectivity index (χ0v) is 13.5. The zero-order valence-electron chi connectivity index (χ0n) is 12.6. The number of aromatic nitrogens is 1. The van der Waals surface area contributed by atoms with Crippen molar-refractivity contribution in [2.75, 3.05) is 24.2 Å². The third-order valence-electron chi connectivity index (χ3n) is 3.39. The molecule has 0 spiro atoms. The Morgan fingerprint density at radius 1 is 1.52 bits per heavy atom. The van der Waals surface area contributed by atoms with E-state index in [1.807, 2.05) is 13.8 Å². The minimum absolute atomic E-state index is 0.0697. The number of amides is 1. The third kappa shape index (κ3) is 4.57. The van der Waals surface area contributed by atoms with Gasteiger partial charge >= 0.3 is 0 Å². The van der Waals surface area contributed by atoms with Gasteiger partial charge in [-0.25, -0.2) is 0 Å². The average Bonchev–Trinajstić information content (AvgIpc) is 2.80. The van der Waals surface area contributed by atoms with Crippen molar-refractivity contribution in [1.82, 2.24) is 9.69 Å². The van der Waals surface area contributed by atoms with E-state index in [-0.39, 0.29) is 17.8 Å². The molecule has 1 unspecified atom stereocenters. The first kappa shape index (κ1) is 16.0. The van der Waals surface area contributed by atoms with Crippen molar-refractivity contribution in [3.05, 3.63) is 5.56 Å².